The normalized spacial score (nSPS) is 12.3. The highest BCUT2D eigenvalue weighted by molar-refractivity contribution is 6.33. The quantitative estimate of drug-likeness (QED) is 0.266. The van der Waals surface area contributed by atoms with E-state index < -0.39 is 17.8 Å². The van der Waals surface area contributed by atoms with Crippen molar-refractivity contribution in [3.8, 4) is 0 Å². The van der Waals surface area contributed by atoms with E-state index in [0.717, 1.165) is 48.4 Å². The van der Waals surface area contributed by atoms with Gasteiger partial charge >= 0.3 is 11.9 Å². The van der Waals surface area contributed by atoms with Crippen LogP contribution in [0, 0.1) is 5.82 Å². The van der Waals surface area contributed by atoms with E-state index >= 15 is 0 Å². The summed E-state index contributed by atoms with van der Waals surface area (Å²) in [6.45, 7) is 2.79. The molecule has 3 aromatic rings. The largest absolute Gasteiger partial charge is 0.481 e. The molecule has 2 heterocycles. The van der Waals surface area contributed by atoms with E-state index in [1.807, 2.05) is 18.2 Å². The number of nitrogens with zero attached hydrogens (tertiary/aromatic N) is 1. The summed E-state index contributed by atoms with van der Waals surface area (Å²) < 4.78 is 12.9. The zero-order valence-corrected chi connectivity index (χ0v) is 21.9. The number of carbonyl (C=O) groups excluding carboxylic acids is 1. The molecule has 4 rings (SSSR count). The first-order chi connectivity index (χ1) is 18.7. The average molecular weight is 557 g/mol. The molecule has 0 saturated carbocycles. The first-order valence-corrected chi connectivity index (χ1v) is 12.8. The van der Waals surface area contributed by atoms with Crippen molar-refractivity contribution >= 4 is 35.1 Å². The lowest BCUT2D eigenvalue weighted by molar-refractivity contribution is -0.143. The zero-order chi connectivity index (χ0) is 28.2. The predicted molar refractivity (Wildman–Crippen MR) is 145 cm³/mol. The van der Waals surface area contributed by atoms with Gasteiger partial charge < -0.3 is 26.2 Å². The van der Waals surface area contributed by atoms with Gasteiger partial charge in [0.15, 0.2) is 0 Å². The molecule has 0 aliphatic carbocycles. The highest BCUT2D eigenvalue weighted by atomic mass is 35.5. The molecule has 5 N–H and O–H groups in total. The van der Waals surface area contributed by atoms with Crippen LogP contribution in [-0.2, 0) is 35.5 Å². The molecule has 1 amide bonds. The standard InChI is InChI=1S/C24H24ClFN4O.C4H6O4/c25-22-8-5-17-9-11-27-12-10-21(17)23(22)29-13-16-1-3-18(4-2-16)24(31)30-15-20-7-6-19(26)14-28-20;5-3(6)1-2-4(7)8/h1-8,14,27,29H,9-13,15H2,(H,30,31);1-2H2,(H,5,6)(H,7,8). The number of aliphatic carboxylic acids is 2. The average Bonchev–Trinajstić information content (AvgIpc) is 3.17. The number of carboxylic acid groups (broad SMARTS) is 2. The molecule has 9 nitrogen and oxygen atoms in total. The Morgan fingerprint density at radius 3 is 2.26 bits per heavy atom. The van der Waals surface area contributed by atoms with Gasteiger partial charge in [0.1, 0.15) is 5.82 Å². The molecule has 0 bridgehead atoms. The van der Waals surface area contributed by atoms with Crippen LogP contribution in [0.25, 0.3) is 0 Å². The molecule has 39 heavy (non-hydrogen) atoms. The number of hydrogen-bond donors (Lipinski definition) is 5. The summed E-state index contributed by atoms with van der Waals surface area (Å²) in [5, 5.41) is 26.2. The maximum atomic E-state index is 12.9. The zero-order valence-electron chi connectivity index (χ0n) is 21.2. The van der Waals surface area contributed by atoms with Crippen molar-refractivity contribution in [1.29, 1.82) is 0 Å². The van der Waals surface area contributed by atoms with Gasteiger partial charge in [-0.1, -0.05) is 29.8 Å². The monoisotopic (exact) mass is 556 g/mol. The molecule has 2 aromatic carbocycles. The smallest absolute Gasteiger partial charge is 0.303 e. The molecule has 1 aromatic heterocycles. The molecule has 0 fully saturated rings. The van der Waals surface area contributed by atoms with Crippen LogP contribution in [0.2, 0.25) is 5.02 Å². The maximum absolute atomic E-state index is 12.9. The number of rotatable bonds is 9. The number of nitrogens with one attached hydrogen (secondary N) is 3. The summed E-state index contributed by atoms with van der Waals surface area (Å²) in [4.78, 5) is 35.6. The number of fused-ring (bicyclic) bond motifs is 1. The van der Waals surface area contributed by atoms with Crippen LogP contribution in [0.3, 0.4) is 0 Å². The summed E-state index contributed by atoms with van der Waals surface area (Å²) in [6, 6.07) is 14.4. The van der Waals surface area contributed by atoms with Gasteiger partial charge in [-0.05, 0) is 73.0 Å². The van der Waals surface area contributed by atoms with Crippen molar-refractivity contribution in [3.05, 3.63) is 93.5 Å². The molecule has 1 aliphatic rings. The third-order valence-electron chi connectivity index (χ3n) is 5.94. The Kier molecular flexibility index (Phi) is 11.2. The lowest BCUT2D eigenvalue weighted by Gasteiger charge is -2.16. The first-order valence-electron chi connectivity index (χ1n) is 12.4. The second-order valence-corrected chi connectivity index (χ2v) is 9.21. The topological polar surface area (TPSA) is 141 Å². The second kappa shape index (κ2) is 14.8. The van der Waals surface area contributed by atoms with E-state index in [-0.39, 0.29) is 25.3 Å². The fourth-order valence-electron chi connectivity index (χ4n) is 3.90. The van der Waals surface area contributed by atoms with Gasteiger partial charge in [-0.2, -0.15) is 0 Å². The minimum atomic E-state index is -1.08. The molecule has 0 spiro atoms. The third kappa shape index (κ3) is 9.66. The van der Waals surface area contributed by atoms with Crippen LogP contribution in [-0.4, -0.2) is 46.1 Å². The summed E-state index contributed by atoms with van der Waals surface area (Å²) >= 11 is 6.48. The molecule has 0 atom stereocenters. The van der Waals surface area contributed by atoms with E-state index in [1.54, 1.807) is 18.2 Å². The highest BCUT2D eigenvalue weighted by Gasteiger charge is 2.15. The van der Waals surface area contributed by atoms with Gasteiger partial charge in [-0.15, -0.1) is 0 Å². The van der Waals surface area contributed by atoms with Crippen molar-refractivity contribution in [2.45, 2.75) is 38.8 Å². The predicted octanol–water partition coefficient (Wildman–Crippen LogP) is 4.04. The van der Waals surface area contributed by atoms with E-state index in [2.05, 4.69) is 27.0 Å². The van der Waals surface area contributed by atoms with Crippen molar-refractivity contribution in [3.63, 3.8) is 0 Å². The lowest BCUT2D eigenvalue weighted by Crippen LogP contribution is -2.23. The number of amides is 1. The van der Waals surface area contributed by atoms with Crippen LogP contribution in [0.1, 0.15) is 45.6 Å². The Bertz CT molecular complexity index is 1270. The first kappa shape index (κ1) is 29.5. The molecule has 206 valence electrons. The van der Waals surface area contributed by atoms with Crippen molar-refractivity contribution in [2.24, 2.45) is 0 Å². The summed E-state index contributed by atoms with van der Waals surface area (Å²) in [6.07, 6.45) is 2.49. The van der Waals surface area contributed by atoms with Crippen molar-refractivity contribution in [1.82, 2.24) is 15.6 Å². The van der Waals surface area contributed by atoms with Gasteiger partial charge in [0.05, 0.1) is 42.0 Å². The van der Waals surface area contributed by atoms with Crippen LogP contribution in [0.15, 0.2) is 54.7 Å². The highest BCUT2D eigenvalue weighted by Crippen LogP contribution is 2.31. The number of anilines is 1. The van der Waals surface area contributed by atoms with E-state index in [9.17, 15) is 18.8 Å². The van der Waals surface area contributed by atoms with Gasteiger partial charge in [0, 0.05) is 12.1 Å². The molecule has 11 heteroatoms. The molecule has 0 saturated heterocycles. The van der Waals surface area contributed by atoms with Crippen molar-refractivity contribution < 1.29 is 29.0 Å². The summed E-state index contributed by atoms with van der Waals surface area (Å²) in [7, 11) is 0. The summed E-state index contributed by atoms with van der Waals surface area (Å²) in [5.41, 5.74) is 5.82. The number of benzene rings is 2. The lowest BCUT2D eigenvalue weighted by atomic mass is 10.0. The minimum Gasteiger partial charge on any atom is -0.481 e. The number of hydrogen-bond acceptors (Lipinski definition) is 6. The van der Waals surface area contributed by atoms with Crippen molar-refractivity contribution in [2.75, 3.05) is 18.4 Å². The fourth-order valence-corrected chi connectivity index (χ4v) is 4.14. The number of carbonyl (C=O) groups is 3. The van der Waals surface area contributed by atoms with Gasteiger partial charge in [-0.25, -0.2) is 4.39 Å². The molecular weight excluding hydrogens is 527 g/mol. The Labute approximate surface area is 230 Å². The van der Waals surface area contributed by atoms with E-state index in [4.69, 9.17) is 21.8 Å². The van der Waals surface area contributed by atoms with Crippen LogP contribution in [0.5, 0.6) is 0 Å². The molecular formula is C28H30ClFN4O5. The number of pyridine rings is 1. The van der Waals surface area contributed by atoms with E-state index in [0.29, 0.717) is 17.8 Å². The third-order valence-corrected chi connectivity index (χ3v) is 6.25. The number of aromatic nitrogens is 1. The molecule has 0 radical (unpaired) electrons. The second-order valence-electron chi connectivity index (χ2n) is 8.80. The van der Waals surface area contributed by atoms with Crippen LogP contribution < -0.4 is 16.0 Å². The van der Waals surface area contributed by atoms with Crippen LogP contribution in [0.4, 0.5) is 10.1 Å². The maximum Gasteiger partial charge on any atom is 0.303 e. The summed E-state index contributed by atoms with van der Waals surface area (Å²) in [5.74, 6) is -2.75. The van der Waals surface area contributed by atoms with Crippen LogP contribution >= 0.6 is 11.6 Å². The Morgan fingerprint density at radius 1 is 0.923 bits per heavy atom. The molecule has 0 unspecified atom stereocenters. The fraction of sp³-hybridized carbons (Fsp3) is 0.286. The van der Waals surface area contributed by atoms with E-state index in [1.165, 1.54) is 17.2 Å². The number of carboxylic acids is 2. The Balaban J connectivity index is 0.000000459. The SMILES string of the molecule is O=C(NCc1ccc(F)cn1)c1ccc(CNc2c(Cl)ccc3c2CCNCC3)cc1.O=C(O)CCC(=O)O. The minimum absolute atomic E-state index is 0.199. The van der Waals surface area contributed by atoms with Gasteiger partial charge in [0.25, 0.3) is 5.91 Å². The van der Waals surface area contributed by atoms with Gasteiger partial charge in [-0.3, -0.25) is 19.4 Å². The Hall–Kier alpha value is -4.02. The number of halogens is 2. The Morgan fingerprint density at radius 2 is 1.62 bits per heavy atom. The molecule has 1 aliphatic heterocycles. The van der Waals surface area contributed by atoms with Gasteiger partial charge in [0.2, 0.25) is 0 Å².